The Bertz CT molecular complexity index is 1540. The molecule has 0 aromatic heterocycles. The summed E-state index contributed by atoms with van der Waals surface area (Å²) in [5, 5.41) is 11.1. The molecular weight excluding hydrogens is 542 g/mol. The largest absolute Gasteiger partial charge is 0.378 e. The minimum absolute atomic E-state index is 0.290. The first-order chi connectivity index (χ1) is 20.7. The molecule has 218 valence electrons. The summed E-state index contributed by atoms with van der Waals surface area (Å²) in [4.78, 5) is 41.8. The van der Waals surface area contributed by atoms with Gasteiger partial charge in [-0.2, -0.15) is 10.2 Å². The summed E-state index contributed by atoms with van der Waals surface area (Å²) >= 11 is 0. The van der Waals surface area contributed by atoms with Crippen molar-refractivity contribution < 1.29 is 14.4 Å². The first-order valence-corrected chi connectivity index (χ1v) is 13.4. The Balaban J connectivity index is 1.50. The van der Waals surface area contributed by atoms with Crippen LogP contribution in [0.4, 0.5) is 17.1 Å². The number of rotatable bonds is 10. The summed E-state index contributed by atoms with van der Waals surface area (Å²) in [5.41, 5.74) is 10.1. The Morgan fingerprint density at radius 3 is 1.40 bits per heavy atom. The van der Waals surface area contributed by atoms with Gasteiger partial charge in [0.2, 0.25) is 0 Å². The van der Waals surface area contributed by atoms with E-state index >= 15 is 0 Å². The average Bonchev–Trinajstić information content (AvgIpc) is 3.01. The van der Waals surface area contributed by atoms with Crippen LogP contribution >= 0.6 is 0 Å². The van der Waals surface area contributed by atoms with Crippen molar-refractivity contribution in [3.8, 4) is 0 Å². The van der Waals surface area contributed by atoms with E-state index in [1.165, 1.54) is 12.4 Å². The molecule has 10 nitrogen and oxygen atoms in total. The molecule has 43 heavy (non-hydrogen) atoms. The standard InChI is InChI=1S/C33H33N7O3/c1-39(2)29-14-10-26(11-15-29)32(42)37-34-21-23-18-24(20-28(19-23)36-31(41)25-8-6-5-7-9-25)22-35-38-33(43)27-12-16-30(17-13-27)40(3)4/h5-22H,1-4H3,(H,36,41)(H,37,42)(H,38,43)/b34-21+,35-22+. The lowest BCUT2D eigenvalue weighted by Gasteiger charge is -2.12. The van der Waals surface area contributed by atoms with Crippen LogP contribution < -0.4 is 26.0 Å². The maximum atomic E-state index is 12.8. The number of carbonyl (C=O) groups excluding carboxylic acids is 3. The second-order valence-corrected chi connectivity index (χ2v) is 9.99. The zero-order chi connectivity index (χ0) is 30.8. The topological polar surface area (TPSA) is 118 Å². The summed E-state index contributed by atoms with van der Waals surface area (Å²) in [6.07, 6.45) is 2.93. The highest BCUT2D eigenvalue weighted by Gasteiger charge is 2.09. The van der Waals surface area contributed by atoms with Crippen molar-refractivity contribution >= 4 is 47.2 Å². The van der Waals surface area contributed by atoms with Gasteiger partial charge >= 0.3 is 0 Å². The number of anilines is 3. The van der Waals surface area contributed by atoms with E-state index in [1.807, 2.05) is 68.3 Å². The Hall–Kier alpha value is -5.77. The number of carbonyl (C=O) groups is 3. The number of hydrogen-bond donors (Lipinski definition) is 3. The Morgan fingerprint density at radius 1 is 0.558 bits per heavy atom. The zero-order valence-corrected chi connectivity index (χ0v) is 24.4. The van der Waals surface area contributed by atoms with E-state index in [2.05, 4.69) is 26.4 Å². The van der Waals surface area contributed by atoms with Crippen LogP contribution in [0.3, 0.4) is 0 Å². The molecule has 3 N–H and O–H groups in total. The Kier molecular flexibility index (Phi) is 9.99. The smallest absolute Gasteiger partial charge is 0.271 e. The molecule has 0 saturated heterocycles. The normalized spacial score (nSPS) is 10.9. The number of nitrogens with one attached hydrogen (secondary N) is 3. The lowest BCUT2D eigenvalue weighted by atomic mass is 10.1. The molecule has 0 atom stereocenters. The molecule has 0 fully saturated rings. The van der Waals surface area contributed by atoms with Crippen molar-refractivity contribution in [1.29, 1.82) is 0 Å². The molecule has 0 bridgehead atoms. The molecule has 10 heteroatoms. The van der Waals surface area contributed by atoms with Crippen molar-refractivity contribution in [2.45, 2.75) is 0 Å². The van der Waals surface area contributed by atoms with Gasteiger partial charge in [0, 0.05) is 61.9 Å². The van der Waals surface area contributed by atoms with Gasteiger partial charge in [0.05, 0.1) is 12.4 Å². The molecule has 0 saturated carbocycles. The van der Waals surface area contributed by atoms with Gasteiger partial charge in [-0.05, 0) is 90.0 Å². The minimum Gasteiger partial charge on any atom is -0.378 e. The van der Waals surface area contributed by atoms with Gasteiger partial charge in [0.25, 0.3) is 17.7 Å². The quantitative estimate of drug-likeness (QED) is 0.189. The maximum Gasteiger partial charge on any atom is 0.271 e. The van der Waals surface area contributed by atoms with Crippen molar-refractivity contribution in [2.75, 3.05) is 43.3 Å². The summed E-state index contributed by atoms with van der Waals surface area (Å²) in [5.74, 6) is -1.02. The highest BCUT2D eigenvalue weighted by Crippen LogP contribution is 2.16. The van der Waals surface area contributed by atoms with E-state index in [-0.39, 0.29) is 17.7 Å². The van der Waals surface area contributed by atoms with E-state index in [9.17, 15) is 14.4 Å². The molecule has 4 aromatic carbocycles. The van der Waals surface area contributed by atoms with Crippen LogP contribution in [0.2, 0.25) is 0 Å². The summed E-state index contributed by atoms with van der Waals surface area (Å²) in [6, 6.07) is 28.3. The lowest BCUT2D eigenvalue weighted by molar-refractivity contribution is 0.0947. The van der Waals surface area contributed by atoms with E-state index < -0.39 is 0 Å². The number of hydrazone groups is 2. The number of amides is 3. The zero-order valence-electron chi connectivity index (χ0n) is 24.4. The van der Waals surface area contributed by atoms with Crippen LogP contribution in [-0.2, 0) is 0 Å². The van der Waals surface area contributed by atoms with Gasteiger partial charge < -0.3 is 15.1 Å². The number of nitrogens with zero attached hydrogens (tertiary/aromatic N) is 4. The molecule has 0 spiro atoms. The highest BCUT2D eigenvalue weighted by molar-refractivity contribution is 6.05. The van der Waals surface area contributed by atoms with Crippen LogP contribution in [0.1, 0.15) is 42.2 Å². The fourth-order valence-electron chi connectivity index (χ4n) is 3.97. The van der Waals surface area contributed by atoms with Crippen LogP contribution in [0.25, 0.3) is 0 Å². The Morgan fingerprint density at radius 2 is 0.977 bits per heavy atom. The van der Waals surface area contributed by atoms with Crippen molar-refractivity contribution in [2.24, 2.45) is 10.2 Å². The number of hydrogen-bond acceptors (Lipinski definition) is 7. The van der Waals surface area contributed by atoms with E-state index in [1.54, 1.807) is 66.7 Å². The van der Waals surface area contributed by atoms with Gasteiger partial charge in [0.1, 0.15) is 0 Å². The molecule has 0 aliphatic rings. The highest BCUT2D eigenvalue weighted by atomic mass is 16.2. The van der Waals surface area contributed by atoms with Gasteiger partial charge in [-0.3, -0.25) is 14.4 Å². The van der Waals surface area contributed by atoms with Crippen LogP contribution in [0, 0.1) is 0 Å². The monoisotopic (exact) mass is 575 g/mol. The first-order valence-electron chi connectivity index (χ1n) is 13.4. The molecule has 4 rings (SSSR count). The van der Waals surface area contributed by atoms with Crippen LogP contribution in [0.15, 0.2) is 107 Å². The van der Waals surface area contributed by atoms with Gasteiger partial charge in [-0.25, -0.2) is 10.9 Å². The van der Waals surface area contributed by atoms with Gasteiger partial charge in [0.15, 0.2) is 0 Å². The second-order valence-electron chi connectivity index (χ2n) is 9.99. The SMILES string of the molecule is CN(C)c1ccc(C(=O)N/N=C/c2cc(/C=N/NC(=O)c3ccc(N(C)C)cc3)cc(NC(=O)c3ccccc3)c2)cc1. The molecule has 0 aliphatic heterocycles. The van der Waals surface area contributed by atoms with Gasteiger partial charge in [-0.1, -0.05) is 18.2 Å². The maximum absolute atomic E-state index is 12.8. The lowest BCUT2D eigenvalue weighted by Crippen LogP contribution is -2.18. The average molecular weight is 576 g/mol. The van der Waals surface area contributed by atoms with Gasteiger partial charge in [-0.15, -0.1) is 0 Å². The third kappa shape index (κ3) is 8.61. The molecule has 0 radical (unpaired) electrons. The minimum atomic E-state index is -0.363. The summed E-state index contributed by atoms with van der Waals surface area (Å²) in [6.45, 7) is 0. The molecule has 0 unspecified atom stereocenters. The van der Waals surface area contributed by atoms with Crippen LogP contribution in [0.5, 0.6) is 0 Å². The predicted octanol–water partition coefficient (Wildman–Crippen LogP) is 4.60. The second kappa shape index (κ2) is 14.2. The fourth-order valence-corrected chi connectivity index (χ4v) is 3.97. The Labute approximate surface area is 250 Å². The molecule has 0 heterocycles. The molecule has 4 aromatic rings. The van der Waals surface area contributed by atoms with Crippen molar-refractivity contribution in [3.05, 3.63) is 125 Å². The van der Waals surface area contributed by atoms with E-state index in [4.69, 9.17) is 0 Å². The van der Waals surface area contributed by atoms with Crippen molar-refractivity contribution in [1.82, 2.24) is 10.9 Å². The summed E-state index contributed by atoms with van der Waals surface area (Å²) < 4.78 is 0. The van der Waals surface area contributed by atoms with Crippen molar-refractivity contribution in [3.63, 3.8) is 0 Å². The number of benzene rings is 4. The first kappa shape index (κ1) is 30.2. The molecule has 0 aliphatic carbocycles. The van der Waals surface area contributed by atoms with Crippen LogP contribution in [-0.4, -0.2) is 58.3 Å². The van der Waals surface area contributed by atoms with E-state index in [0.717, 1.165) is 11.4 Å². The predicted molar refractivity (Wildman–Crippen MR) is 172 cm³/mol. The van der Waals surface area contributed by atoms with E-state index in [0.29, 0.717) is 33.5 Å². The summed E-state index contributed by atoms with van der Waals surface area (Å²) in [7, 11) is 7.69. The molecule has 3 amide bonds. The third-order valence-corrected chi connectivity index (χ3v) is 6.32. The third-order valence-electron chi connectivity index (χ3n) is 6.32. The fraction of sp³-hybridized carbons (Fsp3) is 0.121. The molecular formula is C33H33N7O3.